The molecule has 2 rings (SSSR count). The Hall–Kier alpha value is -1.76. The van der Waals surface area contributed by atoms with Gasteiger partial charge in [-0.25, -0.2) is 4.98 Å². The third kappa shape index (κ3) is 3.41. The molecule has 108 valence electrons. The zero-order valence-corrected chi connectivity index (χ0v) is 12.4. The fourth-order valence-electron chi connectivity index (χ4n) is 2.08. The summed E-state index contributed by atoms with van der Waals surface area (Å²) < 4.78 is 0. The monoisotopic (exact) mass is 295 g/mol. The Bertz CT molecular complexity index is 525. The Morgan fingerprint density at radius 2 is 2.05 bits per heavy atom. The predicted molar refractivity (Wildman–Crippen MR) is 73.9 cm³/mol. The van der Waals surface area contributed by atoms with Crippen LogP contribution in [0.2, 0.25) is 0 Å². The SMILES string of the molecule is Cc1nc(CN(C)C(=O)CCN2C(=O)CCC2=O)cs1. The second-order valence-corrected chi connectivity index (χ2v) is 5.86. The second-order valence-electron chi connectivity index (χ2n) is 4.80. The van der Waals surface area contributed by atoms with Gasteiger partial charge in [0, 0.05) is 38.2 Å². The number of amides is 3. The molecule has 0 N–H and O–H groups in total. The number of carbonyl (C=O) groups excluding carboxylic acids is 3. The van der Waals surface area contributed by atoms with Crippen LogP contribution in [0.5, 0.6) is 0 Å². The summed E-state index contributed by atoms with van der Waals surface area (Å²) in [7, 11) is 1.70. The van der Waals surface area contributed by atoms with E-state index in [-0.39, 0.29) is 43.5 Å². The lowest BCUT2D eigenvalue weighted by Gasteiger charge is -2.18. The summed E-state index contributed by atoms with van der Waals surface area (Å²) in [6.07, 6.45) is 0.693. The summed E-state index contributed by atoms with van der Waals surface area (Å²) in [4.78, 5) is 41.9. The van der Waals surface area contributed by atoms with Crippen LogP contribution in [0.1, 0.15) is 30.0 Å². The number of hydrogen-bond acceptors (Lipinski definition) is 5. The molecule has 1 aliphatic rings. The number of thiazole rings is 1. The molecule has 1 aromatic rings. The van der Waals surface area contributed by atoms with E-state index in [9.17, 15) is 14.4 Å². The smallest absolute Gasteiger partial charge is 0.229 e. The van der Waals surface area contributed by atoms with Crippen LogP contribution < -0.4 is 0 Å². The molecular formula is C13H17N3O3S. The molecule has 0 spiro atoms. The van der Waals surface area contributed by atoms with Crippen LogP contribution in [0.4, 0.5) is 0 Å². The largest absolute Gasteiger partial charge is 0.340 e. The Kier molecular flexibility index (Phi) is 4.49. The first-order chi connectivity index (χ1) is 9.47. The van der Waals surface area contributed by atoms with Gasteiger partial charge >= 0.3 is 0 Å². The lowest BCUT2D eigenvalue weighted by atomic mass is 10.3. The summed E-state index contributed by atoms with van der Waals surface area (Å²) in [6.45, 7) is 2.54. The number of aromatic nitrogens is 1. The fourth-order valence-corrected chi connectivity index (χ4v) is 2.69. The molecule has 7 heteroatoms. The zero-order valence-electron chi connectivity index (χ0n) is 11.6. The number of likely N-dealkylation sites (tertiary alicyclic amines) is 1. The minimum Gasteiger partial charge on any atom is -0.340 e. The highest BCUT2D eigenvalue weighted by molar-refractivity contribution is 7.09. The maximum absolute atomic E-state index is 12.0. The van der Waals surface area contributed by atoms with Gasteiger partial charge in [-0.2, -0.15) is 0 Å². The van der Waals surface area contributed by atoms with Crippen LogP contribution in [0.3, 0.4) is 0 Å². The van der Waals surface area contributed by atoms with E-state index >= 15 is 0 Å². The first-order valence-electron chi connectivity index (χ1n) is 6.45. The van der Waals surface area contributed by atoms with Gasteiger partial charge in [0.1, 0.15) is 0 Å². The van der Waals surface area contributed by atoms with E-state index in [1.54, 1.807) is 23.3 Å². The highest BCUT2D eigenvalue weighted by Crippen LogP contribution is 2.13. The van der Waals surface area contributed by atoms with Crippen molar-refractivity contribution in [2.24, 2.45) is 0 Å². The van der Waals surface area contributed by atoms with Crippen LogP contribution in [0.25, 0.3) is 0 Å². The van der Waals surface area contributed by atoms with E-state index in [0.717, 1.165) is 10.7 Å². The Morgan fingerprint density at radius 3 is 2.60 bits per heavy atom. The molecule has 0 atom stereocenters. The van der Waals surface area contributed by atoms with Crippen molar-refractivity contribution in [3.8, 4) is 0 Å². The number of carbonyl (C=O) groups is 3. The Morgan fingerprint density at radius 1 is 1.40 bits per heavy atom. The standard InChI is InChI=1S/C13H17N3O3S/c1-9-14-10(8-20-9)7-15(2)11(17)5-6-16-12(18)3-4-13(16)19/h8H,3-7H2,1-2H3. The fraction of sp³-hybridized carbons (Fsp3) is 0.538. The number of aryl methyl sites for hydroxylation is 1. The van der Waals surface area contributed by atoms with Gasteiger partial charge in [-0.1, -0.05) is 0 Å². The van der Waals surface area contributed by atoms with Crippen molar-refractivity contribution in [3.05, 3.63) is 16.1 Å². The van der Waals surface area contributed by atoms with Crippen LogP contribution in [-0.2, 0) is 20.9 Å². The van der Waals surface area contributed by atoms with Gasteiger partial charge in [-0.05, 0) is 6.92 Å². The minimum atomic E-state index is -0.180. The van der Waals surface area contributed by atoms with E-state index in [0.29, 0.717) is 6.54 Å². The molecule has 1 aromatic heterocycles. The molecule has 0 aromatic carbocycles. The van der Waals surface area contributed by atoms with Crippen LogP contribution in [-0.4, -0.2) is 46.1 Å². The maximum Gasteiger partial charge on any atom is 0.229 e. The molecule has 0 radical (unpaired) electrons. The molecule has 0 aliphatic carbocycles. The van der Waals surface area contributed by atoms with Gasteiger partial charge in [0.25, 0.3) is 0 Å². The molecule has 0 saturated carbocycles. The minimum absolute atomic E-state index is 0.0943. The molecular weight excluding hydrogens is 278 g/mol. The Labute approximate surface area is 121 Å². The zero-order chi connectivity index (χ0) is 14.7. The van der Waals surface area contributed by atoms with E-state index in [1.165, 1.54) is 4.90 Å². The maximum atomic E-state index is 12.0. The second kappa shape index (κ2) is 6.13. The van der Waals surface area contributed by atoms with Crippen molar-refractivity contribution in [2.75, 3.05) is 13.6 Å². The van der Waals surface area contributed by atoms with Gasteiger partial charge in [-0.3, -0.25) is 19.3 Å². The van der Waals surface area contributed by atoms with Crippen molar-refractivity contribution in [2.45, 2.75) is 32.7 Å². The summed E-state index contributed by atoms with van der Waals surface area (Å²) >= 11 is 1.55. The predicted octanol–water partition coefficient (Wildman–Crippen LogP) is 0.949. The van der Waals surface area contributed by atoms with E-state index in [1.807, 2.05) is 12.3 Å². The van der Waals surface area contributed by atoms with Crippen LogP contribution in [0, 0.1) is 6.92 Å². The van der Waals surface area contributed by atoms with Gasteiger partial charge in [-0.15, -0.1) is 11.3 Å². The molecule has 1 saturated heterocycles. The molecule has 6 nitrogen and oxygen atoms in total. The lowest BCUT2D eigenvalue weighted by Crippen LogP contribution is -2.34. The average molecular weight is 295 g/mol. The summed E-state index contributed by atoms with van der Waals surface area (Å²) in [5.74, 6) is -0.454. The van der Waals surface area contributed by atoms with Gasteiger partial charge in [0.2, 0.25) is 17.7 Å². The third-order valence-corrected chi connectivity index (χ3v) is 4.02. The first kappa shape index (κ1) is 14.6. The number of hydrogen-bond donors (Lipinski definition) is 0. The molecule has 3 amide bonds. The van der Waals surface area contributed by atoms with Gasteiger partial charge in [0.15, 0.2) is 0 Å². The van der Waals surface area contributed by atoms with Crippen molar-refractivity contribution in [1.82, 2.24) is 14.8 Å². The average Bonchev–Trinajstić information content (AvgIpc) is 2.94. The molecule has 20 heavy (non-hydrogen) atoms. The normalized spacial score (nSPS) is 15.0. The molecule has 0 unspecified atom stereocenters. The lowest BCUT2D eigenvalue weighted by molar-refractivity contribution is -0.139. The molecule has 0 bridgehead atoms. The summed E-state index contributed by atoms with van der Waals surface area (Å²) in [6, 6.07) is 0. The third-order valence-electron chi connectivity index (χ3n) is 3.20. The topological polar surface area (TPSA) is 70.6 Å². The highest BCUT2D eigenvalue weighted by atomic mass is 32.1. The molecule has 1 aliphatic heterocycles. The van der Waals surface area contributed by atoms with Crippen LogP contribution in [0.15, 0.2) is 5.38 Å². The van der Waals surface area contributed by atoms with Gasteiger partial charge < -0.3 is 4.90 Å². The highest BCUT2D eigenvalue weighted by Gasteiger charge is 2.29. The van der Waals surface area contributed by atoms with Crippen molar-refractivity contribution >= 4 is 29.1 Å². The molecule has 1 fully saturated rings. The number of nitrogens with zero attached hydrogens (tertiary/aromatic N) is 3. The van der Waals surface area contributed by atoms with Crippen LogP contribution >= 0.6 is 11.3 Å². The van der Waals surface area contributed by atoms with Crippen molar-refractivity contribution in [1.29, 1.82) is 0 Å². The summed E-state index contributed by atoms with van der Waals surface area (Å²) in [5, 5.41) is 2.89. The van der Waals surface area contributed by atoms with Gasteiger partial charge in [0.05, 0.1) is 17.2 Å². The Balaban J connectivity index is 1.82. The number of imide groups is 1. The molecule has 2 heterocycles. The van der Waals surface area contributed by atoms with E-state index in [4.69, 9.17) is 0 Å². The van der Waals surface area contributed by atoms with E-state index in [2.05, 4.69) is 4.98 Å². The van der Waals surface area contributed by atoms with E-state index < -0.39 is 0 Å². The van der Waals surface area contributed by atoms with Crippen molar-refractivity contribution in [3.63, 3.8) is 0 Å². The van der Waals surface area contributed by atoms with Crippen molar-refractivity contribution < 1.29 is 14.4 Å². The number of rotatable bonds is 5. The summed E-state index contributed by atoms with van der Waals surface area (Å²) in [5.41, 5.74) is 0.858. The first-order valence-corrected chi connectivity index (χ1v) is 7.33. The quantitative estimate of drug-likeness (QED) is 0.758.